The Kier molecular flexibility index (Phi) is 7.91. The van der Waals surface area contributed by atoms with E-state index in [2.05, 4.69) is 10.3 Å². The van der Waals surface area contributed by atoms with Gasteiger partial charge in [-0.25, -0.2) is 17.8 Å². The lowest BCUT2D eigenvalue weighted by molar-refractivity contribution is -0.142. The van der Waals surface area contributed by atoms with Crippen LogP contribution in [-0.4, -0.2) is 37.1 Å². The monoisotopic (exact) mass is 552 g/mol. The van der Waals surface area contributed by atoms with Gasteiger partial charge in [-0.05, 0) is 50.1 Å². The molecule has 1 aromatic heterocycles. The molecule has 0 bridgehead atoms. The molecule has 190 valence electrons. The molecular weight excluding hydrogens is 531 g/mol. The van der Waals surface area contributed by atoms with Crippen LogP contribution in [0.2, 0.25) is 5.02 Å². The van der Waals surface area contributed by atoms with Crippen molar-refractivity contribution in [3.05, 3.63) is 69.9 Å². The molecule has 36 heavy (non-hydrogen) atoms. The highest BCUT2D eigenvalue weighted by molar-refractivity contribution is 7.92. The van der Waals surface area contributed by atoms with E-state index in [0.717, 1.165) is 17.4 Å². The summed E-state index contributed by atoms with van der Waals surface area (Å²) in [5, 5.41) is 4.21. The summed E-state index contributed by atoms with van der Waals surface area (Å²) in [7, 11) is -3.42. The minimum absolute atomic E-state index is 0.0486. The number of rotatable bonds is 10. The van der Waals surface area contributed by atoms with E-state index < -0.39 is 33.6 Å². The summed E-state index contributed by atoms with van der Waals surface area (Å²) in [6.07, 6.45) is -0.136. The molecule has 3 aromatic rings. The van der Waals surface area contributed by atoms with E-state index in [4.69, 9.17) is 21.1 Å². The minimum atomic E-state index is -3.42. The highest BCUT2D eigenvalue weighted by Crippen LogP contribution is 2.34. The van der Waals surface area contributed by atoms with Crippen molar-refractivity contribution >= 4 is 49.8 Å². The maximum absolute atomic E-state index is 14.4. The molecule has 1 atom stereocenters. The van der Waals surface area contributed by atoms with Gasteiger partial charge in [0.2, 0.25) is 6.10 Å². The highest BCUT2D eigenvalue weighted by Gasteiger charge is 2.37. The van der Waals surface area contributed by atoms with Gasteiger partial charge in [-0.2, -0.15) is 0 Å². The number of hydrogen-bond donors (Lipinski definition) is 1. The number of aromatic nitrogens is 1. The van der Waals surface area contributed by atoms with E-state index in [-0.39, 0.29) is 39.1 Å². The van der Waals surface area contributed by atoms with Crippen molar-refractivity contribution in [1.82, 2.24) is 4.98 Å². The number of halogens is 2. The Morgan fingerprint density at radius 1 is 1.22 bits per heavy atom. The molecule has 1 aliphatic rings. The Hall–Kier alpha value is -3.02. The molecule has 1 saturated carbocycles. The molecular formula is C24H22ClFN2O6S2. The maximum Gasteiger partial charge on any atom is 0.311 e. The topological polar surface area (TPSA) is 112 Å². The second-order valence-corrected chi connectivity index (χ2v) is 11.5. The maximum atomic E-state index is 14.4. The van der Waals surface area contributed by atoms with E-state index in [1.54, 1.807) is 12.3 Å². The van der Waals surface area contributed by atoms with Crippen LogP contribution in [0.5, 0.6) is 5.75 Å². The second-order valence-electron chi connectivity index (χ2n) is 8.00. The van der Waals surface area contributed by atoms with Crippen LogP contribution >= 0.6 is 22.9 Å². The van der Waals surface area contributed by atoms with Gasteiger partial charge in [-0.15, -0.1) is 11.3 Å². The molecule has 1 heterocycles. The van der Waals surface area contributed by atoms with Gasteiger partial charge in [-0.1, -0.05) is 23.7 Å². The average Bonchev–Trinajstić information content (AvgIpc) is 3.61. The standard InChI is InChI=1S/C24H22ClFN2O6S2/c1-2-33-21(29)12-16-13-35-24(27-16)28-23(30)22(34-20-10-5-15(25)11-19(20)26)14-3-6-17(7-4-14)36(31,32)18-8-9-18/h3-7,10-11,13,18,22H,2,8-9,12H2,1H3,(H,27,28,30). The van der Waals surface area contributed by atoms with Crippen LogP contribution in [0.4, 0.5) is 9.52 Å². The van der Waals surface area contributed by atoms with E-state index in [9.17, 15) is 22.4 Å². The highest BCUT2D eigenvalue weighted by atomic mass is 35.5. The smallest absolute Gasteiger partial charge is 0.311 e. The molecule has 1 fully saturated rings. The number of carbonyl (C=O) groups is 2. The number of hydrogen-bond acceptors (Lipinski definition) is 8. The molecule has 12 heteroatoms. The molecule has 0 saturated heterocycles. The second kappa shape index (κ2) is 10.9. The molecule has 1 aliphatic carbocycles. The normalized spacial score (nSPS) is 14.2. The quantitative estimate of drug-likeness (QED) is 0.362. The van der Waals surface area contributed by atoms with Crippen molar-refractivity contribution < 1.29 is 31.9 Å². The molecule has 0 spiro atoms. The SMILES string of the molecule is CCOC(=O)Cc1csc(NC(=O)C(Oc2ccc(Cl)cc2F)c2ccc(S(=O)(=O)C3CC3)cc2)n1. The number of thiazole rings is 1. The summed E-state index contributed by atoms with van der Waals surface area (Å²) in [6.45, 7) is 1.94. The van der Waals surface area contributed by atoms with Crippen molar-refractivity contribution in [1.29, 1.82) is 0 Å². The van der Waals surface area contributed by atoms with Crippen molar-refractivity contribution in [2.45, 2.75) is 42.4 Å². The Labute approximate surface area is 216 Å². The average molecular weight is 553 g/mol. The first-order valence-electron chi connectivity index (χ1n) is 11.0. The number of nitrogens with zero attached hydrogens (tertiary/aromatic N) is 1. The summed E-state index contributed by atoms with van der Waals surface area (Å²) in [4.78, 5) is 29.3. The zero-order valence-electron chi connectivity index (χ0n) is 19.1. The van der Waals surface area contributed by atoms with Gasteiger partial charge >= 0.3 is 5.97 Å². The molecule has 4 rings (SSSR count). The fraction of sp³-hybridized carbons (Fsp3) is 0.292. The Bertz CT molecular complexity index is 1370. The fourth-order valence-electron chi connectivity index (χ4n) is 3.35. The van der Waals surface area contributed by atoms with Crippen LogP contribution in [0.15, 0.2) is 52.7 Å². The summed E-state index contributed by atoms with van der Waals surface area (Å²) >= 11 is 6.92. The summed E-state index contributed by atoms with van der Waals surface area (Å²) in [5.41, 5.74) is 0.726. The molecule has 2 aromatic carbocycles. The van der Waals surface area contributed by atoms with Crippen molar-refractivity contribution in [3.8, 4) is 5.75 Å². The molecule has 1 N–H and O–H groups in total. The third kappa shape index (κ3) is 6.21. The van der Waals surface area contributed by atoms with Crippen LogP contribution < -0.4 is 10.1 Å². The van der Waals surface area contributed by atoms with Crippen LogP contribution in [0.1, 0.15) is 37.1 Å². The lowest BCUT2D eigenvalue weighted by atomic mass is 10.1. The van der Waals surface area contributed by atoms with E-state index in [1.807, 2.05) is 0 Å². The van der Waals surface area contributed by atoms with Crippen LogP contribution in [0.3, 0.4) is 0 Å². The van der Waals surface area contributed by atoms with Crippen molar-refractivity contribution in [2.75, 3.05) is 11.9 Å². The molecule has 8 nitrogen and oxygen atoms in total. The zero-order chi connectivity index (χ0) is 25.9. The lowest BCUT2D eigenvalue weighted by Gasteiger charge is -2.19. The predicted octanol–water partition coefficient (Wildman–Crippen LogP) is 4.74. The molecule has 0 aliphatic heterocycles. The molecule has 1 unspecified atom stereocenters. The Morgan fingerprint density at radius 2 is 1.94 bits per heavy atom. The number of sulfone groups is 1. The number of amides is 1. The first-order chi connectivity index (χ1) is 17.2. The van der Waals surface area contributed by atoms with Crippen LogP contribution in [0, 0.1) is 5.82 Å². The predicted molar refractivity (Wildman–Crippen MR) is 133 cm³/mol. The number of ether oxygens (including phenoxy) is 2. The molecule has 0 radical (unpaired) electrons. The Morgan fingerprint density at radius 3 is 2.58 bits per heavy atom. The van der Waals surface area contributed by atoms with E-state index in [0.29, 0.717) is 24.1 Å². The lowest BCUT2D eigenvalue weighted by Crippen LogP contribution is -2.26. The number of nitrogens with one attached hydrogen (secondary N) is 1. The number of esters is 1. The van der Waals surface area contributed by atoms with Gasteiger partial charge < -0.3 is 9.47 Å². The van der Waals surface area contributed by atoms with E-state index in [1.165, 1.54) is 36.4 Å². The third-order valence-corrected chi connectivity index (χ3v) is 8.58. The van der Waals surface area contributed by atoms with Gasteiger partial charge in [0.25, 0.3) is 5.91 Å². The van der Waals surface area contributed by atoms with Crippen LogP contribution in [-0.2, 0) is 30.6 Å². The van der Waals surface area contributed by atoms with Crippen molar-refractivity contribution in [3.63, 3.8) is 0 Å². The number of carbonyl (C=O) groups excluding carboxylic acids is 2. The minimum Gasteiger partial charge on any atom is -0.473 e. The first-order valence-corrected chi connectivity index (χ1v) is 13.8. The zero-order valence-corrected chi connectivity index (χ0v) is 21.5. The van der Waals surface area contributed by atoms with Gasteiger partial charge in [0, 0.05) is 16.0 Å². The first kappa shape index (κ1) is 26.1. The van der Waals surface area contributed by atoms with Crippen LogP contribution in [0.25, 0.3) is 0 Å². The van der Waals surface area contributed by atoms with Crippen molar-refractivity contribution in [2.24, 2.45) is 0 Å². The van der Waals surface area contributed by atoms with Gasteiger partial charge in [0.15, 0.2) is 26.5 Å². The fourth-order valence-corrected chi connectivity index (χ4v) is 5.88. The largest absolute Gasteiger partial charge is 0.473 e. The summed E-state index contributed by atoms with van der Waals surface area (Å²) < 4.78 is 50.1. The number of anilines is 1. The molecule has 1 amide bonds. The Balaban J connectivity index is 1.57. The van der Waals surface area contributed by atoms with E-state index >= 15 is 0 Å². The van der Waals surface area contributed by atoms with Gasteiger partial charge in [-0.3, -0.25) is 14.9 Å². The summed E-state index contributed by atoms with van der Waals surface area (Å²) in [5.74, 6) is -2.09. The third-order valence-electron chi connectivity index (χ3n) is 5.26. The number of benzene rings is 2. The van der Waals surface area contributed by atoms with Gasteiger partial charge in [0.05, 0.1) is 28.9 Å². The summed E-state index contributed by atoms with van der Waals surface area (Å²) in [6, 6.07) is 9.51. The van der Waals surface area contributed by atoms with Gasteiger partial charge in [0.1, 0.15) is 0 Å².